The van der Waals surface area contributed by atoms with Crippen LogP contribution in [0.25, 0.3) is 0 Å². The van der Waals surface area contributed by atoms with E-state index in [0.717, 1.165) is 26.2 Å². The summed E-state index contributed by atoms with van der Waals surface area (Å²) >= 11 is 1.82. The maximum absolute atomic E-state index is 5.25. The molecule has 2 aromatic heterocycles. The van der Waals surface area contributed by atoms with Crippen LogP contribution < -0.4 is 5.32 Å². The number of hydrogen-bond acceptors (Lipinski definition) is 4. The summed E-state index contributed by atoms with van der Waals surface area (Å²) in [6.07, 6.45) is 3.63. The first-order chi connectivity index (χ1) is 8.45. The molecule has 2 aromatic rings. The van der Waals surface area contributed by atoms with Crippen LogP contribution in [-0.2, 0) is 0 Å². The molecule has 0 aromatic carbocycles. The minimum absolute atomic E-state index is 0. The number of nitrogens with zero attached hydrogens (tertiary/aromatic N) is 1. The molecule has 1 aliphatic heterocycles. The first-order valence-corrected chi connectivity index (χ1v) is 6.83. The summed E-state index contributed by atoms with van der Waals surface area (Å²) in [5.41, 5.74) is 1.26. The van der Waals surface area contributed by atoms with Crippen molar-refractivity contribution >= 4 is 36.2 Å². The maximum Gasteiger partial charge on any atom is 0.0954 e. The van der Waals surface area contributed by atoms with Gasteiger partial charge in [0.05, 0.1) is 18.6 Å². The topological polar surface area (TPSA) is 28.4 Å². The highest BCUT2D eigenvalue weighted by Gasteiger charge is 2.25. The van der Waals surface area contributed by atoms with Gasteiger partial charge in [-0.3, -0.25) is 4.90 Å². The van der Waals surface area contributed by atoms with Crippen molar-refractivity contribution in [2.45, 2.75) is 6.04 Å². The molecule has 0 spiro atoms. The van der Waals surface area contributed by atoms with Gasteiger partial charge in [0.15, 0.2) is 0 Å². The average Bonchev–Trinajstić information content (AvgIpc) is 3.04. The Hall–Kier alpha value is -0.520. The molecule has 3 heterocycles. The van der Waals surface area contributed by atoms with E-state index in [1.807, 2.05) is 17.6 Å². The van der Waals surface area contributed by atoms with Crippen molar-refractivity contribution in [3.05, 3.63) is 46.5 Å². The zero-order valence-electron chi connectivity index (χ0n) is 10.5. The van der Waals surface area contributed by atoms with Crippen LogP contribution in [-0.4, -0.2) is 31.1 Å². The molecule has 0 radical (unpaired) electrons. The molecular formula is C13H18Cl2N2OS. The normalized spacial score (nSPS) is 17.3. The number of piperazine rings is 1. The Morgan fingerprint density at radius 1 is 1.21 bits per heavy atom. The lowest BCUT2D eigenvalue weighted by atomic mass is 10.1. The Labute approximate surface area is 129 Å². The second-order valence-corrected chi connectivity index (χ2v) is 5.24. The molecular weight excluding hydrogens is 303 g/mol. The van der Waals surface area contributed by atoms with Gasteiger partial charge < -0.3 is 9.73 Å². The van der Waals surface area contributed by atoms with Crippen LogP contribution in [0.5, 0.6) is 0 Å². The summed E-state index contributed by atoms with van der Waals surface area (Å²) < 4.78 is 5.25. The summed E-state index contributed by atoms with van der Waals surface area (Å²) in [6.45, 7) is 4.32. The van der Waals surface area contributed by atoms with Gasteiger partial charge in [-0.2, -0.15) is 0 Å². The van der Waals surface area contributed by atoms with E-state index in [1.165, 1.54) is 10.4 Å². The number of halogens is 2. The van der Waals surface area contributed by atoms with E-state index in [0.29, 0.717) is 6.04 Å². The zero-order valence-corrected chi connectivity index (χ0v) is 12.9. The van der Waals surface area contributed by atoms with Gasteiger partial charge in [0, 0.05) is 36.6 Å². The van der Waals surface area contributed by atoms with E-state index >= 15 is 0 Å². The molecule has 19 heavy (non-hydrogen) atoms. The molecule has 1 aliphatic rings. The van der Waals surface area contributed by atoms with Crippen LogP contribution in [0.3, 0.4) is 0 Å². The number of nitrogens with one attached hydrogen (secondary N) is 1. The molecule has 0 amide bonds. The van der Waals surface area contributed by atoms with E-state index < -0.39 is 0 Å². The third kappa shape index (κ3) is 3.74. The summed E-state index contributed by atoms with van der Waals surface area (Å²) in [5.74, 6) is 0. The predicted molar refractivity (Wildman–Crippen MR) is 83.8 cm³/mol. The van der Waals surface area contributed by atoms with Crippen LogP contribution in [0.15, 0.2) is 40.5 Å². The van der Waals surface area contributed by atoms with Crippen molar-refractivity contribution in [2.75, 3.05) is 26.2 Å². The van der Waals surface area contributed by atoms with Gasteiger partial charge in [0.2, 0.25) is 0 Å². The Kier molecular flexibility index (Phi) is 6.89. The minimum Gasteiger partial charge on any atom is -0.472 e. The largest absolute Gasteiger partial charge is 0.472 e. The van der Waals surface area contributed by atoms with Gasteiger partial charge >= 0.3 is 0 Å². The molecule has 1 atom stereocenters. The molecule has 1 saturated heterocycles. The summed E-state index contributed by atoms with van der Waals surface area (Å²) in [4.78, 5) is 3.92. The van der Waals surface area contributed by atoms with Gasteiger partial charge in [-0.1, -0.05) is 6.07 Å². The van der Waals surface area contributed by atoms with Crippen LogP contribution in [0.1, 0.15) is 16.5 Å². The molecule has 3 rings (SSSR count). The number of furan rings is 1. The van der Waals surface area contributed by atoms with E-state index in [1.54, 1.807) is 6.26 Å². The third-order valence-electron chi connectivity index (χ3n) is 3.19. The SMILES string of the molecule is Cl.Cl.c1csc([C@H](c2ccoc2)N2CCNCC2)c1. The number of thiophene rings is 1. The van der Waals surface area contributed by atoms with Crippen LogP contribution in [0.4, 0.5) is 0 Å². The van der Waals surface area contributed by atoms with Gasteiger partial charge in [0.1, 0.15) is 0 Å². The molecule has 0 saturated carbocycles. The van der Waals surface area contributed by atoms with E-state index in [-0.39, 0.29) is 24.8 Å². The van der Waals surface area contributed by atoms with Crippen molar-refractivity contribution in [3.8, 4) is 0 Å². The fraction of sp³-hybridized carbons (Fsp3) is 0.385. The van der Waals surface area contributed by atoms with Crippen LogP contribution >= 0.6 is 36.2 Å². The summed E-state index contributed by atoms with van der Waals surface area (Å²) in [6, 6.07) is 6.77. The van der Waals surface area contributed by atoms with E-state index in [9.17, 15) is 0 Å². The number of hydrogen-bond donors (Lipinski definition) is 1. The highest BCUT2D eigenvalue weighted by molar-refractivity contribution is 7.10. The smallest absolute Gasteiger partial charge is 0.0954 e. The van der Waals surface area contributed by atoms with Crippen molar-refractivity contribution in [2.24, 2.45) is 0 Å². The van der Waals surface area contributed by atoms with Gasteiger partial charge in [-0.15, -0.1) is 36.2 Å². The van der Waals surface area contributed by atoms with Gasteiger partial charge in [-0.05, 0) is 17.5 Å². The molecule has 3 nitrogen and oxygen atoms in total. The zero-order chi connectivity index (χ0) is 11.5. The van der Waals surface area contributed by atoms with Crippen molar-refractivity contribution in [3.63, 3.8) is 0 Å². The molecule has 0 aliphatic carbocycles. The second-order valence-electron chi connectivity index (χ2n) is 4.26. The van der Waals surface area contributed by atoms with Gasteiger partial charge in [-0.25, -0.2) is 0 Å². The lowest BCUT2D eigenvalue weighted by molar-refractivity contribution is 0.200. The molecule has 106 valence electrons. The third-order valence-corrected chi connectivity index (χ3v) is 4.11. The fourth-order valence-corrected chi connectivity index (χ4v) is 3.26. The molecule has 0 unspecified atom stereocenters. The molecule has 6 heteroatoms. The van der Waals surface area contributed by atoms with Crippen LogP contribution in [0, 0.1) is 0 Å². The minimum atomic E-state index is 0. The molecule has 1 fully saturated rings. The maximum atomic E-state index is 5.25. The Bertz CT molecular complexity index is 407. The quantitative estimate of drug-likeness (QED) is 0.941. The Morgan fingerprint density at radius 3 is 2.58 bits per heavy atom. The first-order valence-electron chi connectivity index (χ1n) is 5.95. The average molecular weight is 321 g/mol. The summed E-state index contributed by atoms with van der Waals surface area (Å²) in [5, 5.41) is 5.54. The van der Waals surface area contributed by atoms with Gasteiger partial charge in [0.25, 0.3) is 0 Å². The Morgan fingerprint density at radius 2 is 2.00 bits per heavy atom. The fourth-order valence-electron chi connectivity index (χ4n) is 2.37. The van der Waals surface area contributed by atoms with E-state index in [2.05, 4.69) is 33.8 Å². The van der Waals surface area contributed by atoms with Crippen molar-refractivity contribution < 1.29 is 4.42 Å². The second kappa shape index (κ2) is 7.92. The predicted octanol–water partition coefficient (Wildman–Crippen LogP) is 3.18. The van der Waals surface area contributed by atoms with Crippen molar-refractivity contribution in [1.29, 1.82) is 0 Å². The monoisotopic (exact) mass is 320 g/mol. The lowest BCUT2D eigenvalue weighted by Gasteiger charge is -2.33. The summed E-state index contributed by atoms with van der Waals surface area (Å²) in [7, 11) is 0. The highest BCUT2D eigenvalue weighted by atomic mass is 35.5. The van der Waals surface area contributed by atoms with Crippen LogP contribution in [0.2, 0.25) is 0 Å². The molecule has 1 N–H and O–H groups in total. The molecule has 0 bridgehead atoms. The highest BCUT2D eigenvalue weighted by Crippen LogP contribution is 2.32. The lowest BCUT2D eigenvalue weighted by Crippen LogP contribution is -2.45. The van der Waals surface area contributed by atoms with Crippen molar-refractivity contribution in [1.82, 2.24) is 10.2 Å². The first kappa shape index (κ1) is 16.5. The van der Waals surface area contributed by atoms with E-state index in [4.69, 9.17) is 4.42 Å². The standard InChI is InChI=1S/C13H16N2OS.2ClH/c1-2-12(17-9-1)13(11-3-8-16-10-11)15-6-4-14-5-7-15;;/h1-3,8-10,13-14H,4-7H2;2*1H/t13-;;/m0../s1. The number of rotatable bonds is 3. The Balaban J connectivity index is 0.000000902.